The topological polar surface area (TPSA) is 36.4 Å². The van der Waals surface area contributed by atoms with E-state index in [9.17, 15) is 9.50 Å². The van der Waals surface area contributed by atoms with Gasteiger partial charge in [-0.1, -0.05) is 36.8 Å². The second-order valence-electron chi connectivity index (χ2n) is 6.63. The molecule has 2 aromatic carbocycles. The summed E-state index contributed by atoms with van der Waals surface area (Å²) in [6, 6.07) is 14.3. The fourth-order valence-electron chi connectivity index (χ4n) is 3.77. The zero-order chi connectivity index (χ0) is 17.2. The number of pyridine rings is 1. The van der Waals surface area contributed by atoms with Crippen molar-refractivity contribution >= 4 is 10.9 Å². The maximum Gasteiger partial charge on any atom is 0.146 e. The van der Waals surface area contributed by atoms with Crippen molar-refractivity contribution in [1.82, 2.24) is 9.88 Å². The molecule has 3 nitrogen and oxygen atoms in total. The summed E-state index contributed by atoms with van der Waals surface area (Å²) < 4.78 is 13.4. The van der Waals surface area contributed by atoms with Crippen LogP contribution in [0.5, 0.6) is 5.75 Å². The van der Waals surface area contributed by atoms with Gasteiger partial charge in [0.15, 0.2) is 0 Å². The summed E-state index contributed by atoms with van der Waals surface area (Å²) in [5.74, 6) is -0.0245. The molecular formula is C21H21FN2O. The highest BCUT2D eigenvalue weighted by Gasteiger charge is 2.27. The van der Waals surface area contributed by atoms with E-state index in [0.717, 1.165) is 42.4 Å². The van der Waals surface area contributed by atoms with Gasteiger partial charge in [-0.2, -0.15) is 0 Å². The number of rotatable bonds is 3. The molecule has 1 fully saturated rings. The van der Waals surface area contributed by atoms with Crippen LogP contribution in [0.25, 0.3) is 10.9 Å². The Morgan fingerprint density at radius 3 is 2.48 bits per heavy atom. The SMILES string of the molecule is Oc1c([C@H](c2ccc(F)cc2)N2CCCCC2)ccc2cccnc12. The maximum absolute atomic E-state index is 13.4. The number of hydrogen-bond donors (Lipinski definition) is 1. The number of hydrogen-bond acceptors (Lipinski definition) is 3. The quantitative estimate of drug-likeness (QED) is 0.756. The normalized spacial score (nSPS) is 16.8. The number of likely N-dealkylation sites (tertiary alicyclic amines) is 1. The first-order valence-corrected chi connectivity index (χ1v) is 8.80. The molecule has 1 aliphatic rings. The van der Waals surface area contributed by atoms with Gasteiger partial charge in [-0.3, -0.25) is 9.88 Å². The van der Waals surface area contributed by atoms with Gasteiger partial charge in [0, 0.05) is 17.1 Å². The number of fused-ring (bicyclic) bond motifs is 1. The van der Waals surface area contributed by atoms with Crippen molar-refractivity contribution in [3.63, 3.8) is 0 Å². The van der Waals surface area contributed by atoms with Crippen LogP contribution in [-0.2, 0) is 0 Å². The van der Waals surface area contributed by atoms with Crippen molar-refractivity contribution in [3.8, 4) is 5.75 Å². The molecule has 3 aromatic rings. The fraction of sp³-hybridized carbons (Fsp3) is 0.286. The zero-order valence-corrected chi connectivity index (χ0v) is 14.0. The lowest BCUT2D eigenvalue weighted by Crippen LogP contribution is -2.34. The van der Waals surface area contributed by atoms with E-state index >= 15 is 0 Å². The van der Waals surface area contributed by atoms with Crippen LogP contribution in [0.3, 0.4) is 0 Å². The van der Waals surface area contributed by atoms with E-state index in [2.05, 4.69) is 9.88 Å². The van der Waals surface area contributed by atoms with Crippen molar-refractivity contribution < 1.29 is 9.50 Å². The number of aromatic hydroxyl groups is 1. The molecule has 2 heterocycles. The molecule has 1 saturated heterocycles. The van der Waals surface area contributed by atoms with Gasteiger partial charge in [-0.15, -0.1) is 0 Å². The van der Waals surface area contributed by atoms with Crippen LogP contribution in [0.2, 0.25) is 0 Å². The van der Waals surface area contributed by atoms with Crippen LogP contribution in [0.4, 0.5) is 4.39 Å². The molecule has 1 aliphatic heterocycles. The lowest BCUT2D eigenvalue weighted by Gasteiger charge is -2.35. The summed E-state index contributed by atoms with van der Waals surface area (Å²) in [4.78, 5) is 6.72. The number of phenolic OH excluding ortho intramolecular Hbond substituents is 1. The first-order chi connectivity index (χ1) is 12.2. The molecule has 0 bridgehead atoms. The first kappa shape index (κ1) is 16.0. The minimum absolute atomic E-state index is 0.0905. The Labute approximate surface area is 146 Å². The Morgan fingerprint density at radius 2 is 1.72 bits per heavy atom. The second-order valence-corrected chi connectivity index (χ2v) is 6.63. The first-order valence-electron chi connectivity index (χ1n) is 8.80. The van der Waals surface area contributed by atoms with Crippen LogP contribution in [-0.4, -0.2) is 28.1 Å². The molecule has 4 rings (SSSR count). The minimum atomic E-state index is -0.245. The van der Waals surface area contributed by atoms with Gasteiger partial charge in [0.2, 0.25) is 0 Å². The molecule has 25 heavy (non-hydrogen) atoms. The molecule has 0 radical (unpaired) electrons. The standard InChI is InChI=1S/C21H21FN2O/c22-17-9-6-16(7-10-17)20(24-13-2-1-3-14-24)18-11-8-15-5-4-12-23-19(15)21(18)25/h4-12,20,25H,1-3,13-14H2/t20-/m0/s1. The number of halogens is 1. The summed E-state index contributed by atoms with van der Waals surface area (Å²) >= 11 is 0. The van der Waals surface area contributed by atoms with Gasteiger partial charge >= 0.3 is 0 Å². The van der Waals surface area contributed by atoms with Gasteiger partial charge in [-0.05, 0) is 49.7 Å². The van der Waals surface area contributed by atoms with Crippen LogP contribution in [0, 0.1) is 5.82 Å². The molecule has 1 atom stereocenters. The second kappa shape index (κ2) is 6.81. The van der Waals surface area contributed by atoms with E-state index in [1.807, 2.05) is 36.4 Å². The van der Waals surface area contributed by atoms with Crippen LogP contribution >= 0.6 is 0 Å². The van der Waals surface area contributed by atoms with Gasteiger partial charge in [0.25, 0.3) is 0 Å². The third-order valence-electron chi connectivity index (χ3n) is 5.02. The number of nitrogens with zero attached hydrogens (tertiary/aromatic N) is 2. The van der Waals surface area contributed by atoms with Crippen molar-refractivity contribution in [2.75, 3.05) is 13.1 Å². The molecule has 0 amide bonds. The predicted molar refractivity (Wildman–Crippen MR) is 97.1 cm³/mol. The summed E-state index contributed by atoms with van der Waals surface area (Å²) in [6.07, 6.45) is 5.21. The van der Waals surface area contributed by atoms with E-state index in [1.54, 1.807) is 6.20 Å². The van der Waals surface area contributed by atoms with E-state index < -0.39 is 0 Å². The molecule has 0 spiro atoms. The van der Waals surface area contributed by atoms with E-state index in [4.69, 9.17) is 0 Å². The van der Waals surface area contributed by atoms with Crippen molar-refractivity contribution in [3.05, 3.63) is 71.7 Å². The summed E-state index contributed by atoms with van der Waals surface area (Å²) in [6.45, 7) is 1.95. The van der Waals surface area contributed by atoms with E-state index in [0.29, 0.717) is 5.52 Å². The lowest BCUT2D eigenvalue weighted by atomic mass is 9.93. The highest BCUT2D eigenvalue weighted by molar-refractivity contribution is 5.85. The van der Waals surface area contributed by atoms with Crippen LogP contribution in [0.1, 0.15) is 36.4 Å². The van der Waals surface area contributed by atoms with Gasteiger partial charge < -0.3 is 5.11 Å². The monoisotopic (exact) mass is 336 g/mol. The van der Waals surface area contributed by atoms with Crippen molar-refractivity contribution in [2.45, 2.75) is 25.3 Å². The average molecular weight is 336 g/mol. The Kier molecular flexibility index (Phi) is 4.36. The Morgan fingerprint density at radius 1 is 0.960 bits per heavy atom. The zero-order valence-electron chi connectivity index (χ0n) is 14.0. The number of benzene rings is 2. The van der Waals surface area contributed by atoms with Crippen LogP contribution in [0.15, 0.2) is 54.7 Å². The Bertz CT molecular complexity index is 873. The van der Waals surface area contributed by atoms with Gasteiger partial charge in [0.05, 0.1) is 6.04 Å². The van der Waals surface area contributed by atoms with E-state index in [1.165, 1.54) is 18.6 Å². The van der Waals surface area contributed by atoms with Crippen molar-refractivity contribution in [2.24, 2.45) is 0 Å². The lowest BCUT2D eigenvalue weighted by molar-refractivity contribution is 0.185. The fourth-order valence-corrected chi connectivity index (χ4v) is 3.77. The third-order valence-corrected chi connectivity index (χ3v) is 5.02. The van der Waals surface area contributed by atoms with Gasteiger partial charge in [0.1, 0.15) is 17.1 Å². The summed E-state index contributed by atoms with van der Waals surface area (Å²) in [7, 11) is 0. The van der Waals surface area contributed by atoms with Gasteiger partial charge in [-0.25, -0.2) is 4.39 Å². The molecule has 0 unspecified atom stereocenters. The molecule has 0 aliphatic carbocycles. The number of aromatic nitrogens is 1. The third kappa shape index (κ3) is 3.10. The smallest absolute Gasteiger partial charge is 0.146 e. The van der Waals surface area contributed by atoms with Crippen LogP contribution < -0.4 is 0 Å². The molecular weight excluding hydrogens is 315 g/mol. The predicted octanol–water partition coefficient (Wildman–Crippen LogP) is 4.65. The maximum atomic E-state index is 13.4. The Hall–Kier alpha value is -2.46. The van der Waals surface area contributed by atoms with E-state index in [-0.39, 0.29) is 17.6 Å². The highest BCUT2D eigenvalue weighted by atomic mass is 19.1. The number of phenols is 1. The highest BCUT2D eigenvalue weighted by Crippen LogP contribution is 2.38. The largest absolute Gasteiger partial charge is 0.505 e. The summed E-state index contributed by atoms with van der Waals surface area (Å²) in [5.41, 5.74) is 2.44. The van der Waals surface area contributed by atoms with Crippen molar-refractivity contribution in [1.29, 1.82) is 0 Å². The molecule has 0 saturated carbocycles. The molecule has 1 aromatic heterocycles. The molecule has 128 valence electrons. The summed E-state index contributed by atoms with van der Waals surface area (Å²) in [5, 5.41) is 11.8. The average Bonchev–Trinajstić information content (AvgIpc) is 2.66. The molecule has 4 heteroatoms. The Balaban J connectivity index is 1.85. The number of piperidine rings is 1. The molecule has 1 N–H and O–H groups in total. The minimum Gasteiger partial charge on any atom is -0.505 e.